The van der Waals surface area contributed by atoms with Crippen LogP contribution in [0.1, 0.15) is 30.2 Å². The zero-order chi connectivity index (χ0) is 15.8. The van der Waals surface area contributed by atoms with Gasteiger partial charge in [0.1, 0.15) is 5.75 Å². The fraction of sp³-hybridized carbons (Fsp3) is 0.353. The van der Waals surface area contributed by atoms with E-state index in [0.717, 1.165) is 41.3 Å². The second-order valence-corrected chi connectivity index (χ2v) is 6.10. The van der Waals surface area contributed by atoms with Gasteiger partial charge in [-0.2, -0.15) is 0 Å². The number of hydrogen-bond acceptors (Lipinski definition) is 3. The summed E-state index contributed by atoms with van der Waals surface area (Å²) >= 11 is 1.63. The quantitative estimate of drug-likeness (QED) is 0.735. The molecule has 0 unspecified atom stereocenters. The maximum absolute atomic E-state index is 11.9. The number of urea groups is 1. The fourth-order valence-electron chi connectivity index (χ4n) is 1.95. The van der Waals surface area contributed by atoms with Crippen LogP contribution in [0.25, 0.3) is 0 Å². The standard InChI is InChI=1S/C17H22N2O2S/c1-3-4-9-21-14-7-8-16(13(2)11-14)19-17(20)18-12-15-6-5-10-22-15/h5-8,10-11H,3-4,9,12H2,1-2H3,(H2,18,19,20). The Morgan fingerprint density at radius 1 is 1.32 bits per heavy atom. The van der Waals surface area contributed by atoms with Crippen LogP contribution < -0.4 is 15.4 Å². The van der Waals surface area contributed by atoms with E-state index in [1.807, 2.05) is 42.6 Å². The van der Waals surface area contributed by atoms with Crippen LogP contribution in [0, 0.1) is 6.92 Å². The van der Waals surface area contributed by atoms with Crippen LogP contribution in [0.4, 0.5) is 10.5 Å². The highest BCUT2D eigenvalue weighted by molar-refractivity contribution is 7.09. The van der Waals surface area contributed by atoms with E-state index in [2.05, 4.69) is 17.6 Å². The molecule has 0 fully saturated rings. The van der Waals surface area contributed by atoms with Crippen LogP contribution in [0.3, 0.4) is 0 Å². The Morgan fingerprint density at radius 3 is 2.86 bits per heavy atom. The summed E-state index contributed by atoms with van der Waals surface area (Å²) in [6, 6.07) is 9.49. The van der Waals surface area contributed by atoms with Gasteiger partial charge in [-0.3, -0.25) is 0 Å². The summed E-state index contributed by atoms with van der Waals surface area (Å²) in [7, 11) is 0. The Labute approximate surface area is 135 Å². The summed E-state index contributed by atoms with van der Waals surface area (Å²) in [4.78, 5) is 13.0. The number of hydrogen-bond donors (Lipinski definition) is 2. The van der Waals surface area contributed by atoms with Crippen LogP contribution in [0.15, 0.2) is 35.7 Å². The molecule has 118 valence electrons. The molecule has 0 bridgehead atoms. The minimum Gasteiger partial charge on any atom is -0.494 e. The number of nitrogens with one attached hydrogen (secondary N) is 2. The minimum absolute atomic E-state index is 0.198. The third kappa shape index (κ3) is 5.07. The minimum atomic E-state index is -0.198. The molecule has 0 aliphatic heterocycles. The van der Waals surface area contributed by atoms with Crippen LogP contribution in [0.2, 0.25) is 0 Å². The zero-order valence-corrected chi connectivity index (χ0v) is 13.8. The van der Waals surface area contributed by atoms with Gasteiger partial charge in [0.25, 0.3) is 0 Å². The molecule has 1 aromatic heterocycles. The highest BCUT2D eigenvalue weighted by Crippen LogP contribution is 2.21. The number of thiophene rings is 1. The predicted octanol–water partition coefficient (Wildman–Crippen LogP) is 4.56. The van der Waals surface area contributed by atoms with Gasteiger partial charge in [-0.05, 0) is 48.6 Å². The first-order chi connectivity index (χ1) is 10.7. The average molecular weight is 318 g/mol. The third-order valence-electron chi connectivity index (χ3n) is 3.22. The number of ether oxygens (including phenoxy) is 1. The summed E-state index contributed by atoms with van der Waals surface area (Å²) in [6.45, 7) is 5.36. The molecule has 0 aliphatic carbocycles. The molecule has 2 N–H and O–H groups in total. The summed E-state index contributed by atoms with van der Waals surface area (Å²) in [5.41, 5.74) is 1.78. The average Bonchev–Trinajstić information content (AvgIpc) is 3.01. The number of anilines is 1. The third-order valence-corrected chi connectivity index (χ3v) is 4.09. The Kier molecular flexibility index (Phi) is 6.27. The van der Waals surface area contributed by atoms with E-state index in [0.29, 0.717) is 6.54 Å². The molecule has 1 heterocycles. The molecule has 2 rings (SSSR count). The molecule has 5 heteroatoms. The molecule has 0 saturated carbocycles. The molecule has 22 heavy (non-hydrogen) atoms. The van der Waals surface area contributed by atoms with Gasteiger partial charge in [-0.1, -0.05) is 19.4 Å². The van der Waals surface area contributed by atoms with Crippen LogP contribution in [-0.4, -0.2) is 12.6 Å². The van der Waals surface area contributed by atoms with Crippen LogP contribution >= 0.6 is 11.3 Å². The van der Waals surface area contributed by atoms with Gasteiger partial charge in [-0.25, -0.2) is 4.79 Å². The molecule has 2 amide bonds. The lowest BCUT2D eigenvalue weighted by atomic mass is 10.2. The molecule has 0 radical (unpaired) electrons. The first-order valence-corrected chi connectivity index (χ1v) is 8.37. The smallest absolute Gasteiger partial charge is 0.319 e. The van der Waals surface area contributed by atoms with Crippen molar-refractivity contribution in [3.63, 3.8) is 0 Å². The molecule has 2 aromatic rings. The van der Waals surface area contributed by atoms with E-state index in [1.54, 1.807) is 11.3 Å². The first kappa shape index (κ1) is 16.4. The molecular formula is C17H22N2O2S. The summed E-state index contributed by atoms with van der Waals surface area (Å²) in [5.74, 6) is 0.843. The maximum atomic E-state index is 11.9. The van der Waals surface area contributed by atoms with Crippen molar-refractivity contribution in [1.29, 1.82) is 0 Å². The molecule has 0 aliphatic rings. The van der Waals surface area contributed by atoms with Crippen molar-refractivity contribution >= 4 is 23.1 Å². The van der Waals surface area contributed by atoms with Gasteiger partial charge >= 0.3 is 6.03 Å². The van der Waals surface area contributed by atoms with Crippen molar-refractivity contribution in [2.45, 2.75) is 33.2 Å². The number of aryl methyl sites for hydroxylation is 1. The number of amides is 2. The topological polar surface area (TPSA) is 50.4 Å². The predicted molar refractivity (Wildman–Crippen MR) is 91.8 cm³/mol. The van der Waals surface area contributed by atoms with Crippen molar-refractivity contribution < 1.29 is 9.53 Å². The normalized spacial score (nSPS) is 10.3. The van der Waals surface area contributed by atoms with E-state index in [9.17, 15) is 4.79 Å². The van der Waals surface area contributed by atoms with Gasteiger partial charge in [0.15, 0.2) is 0 Å². The molecule has 0 spiro atoms. The molecule has 0 saturated heterocycles. The summed E-state index contributed by atoms with van der Waals surface area (Å²) in [6.07, 6.45) is 2.16. The fourth-order valence-corrected chi connectivity index (χ4v) is 2.59. The van der Waals surface area contributed by atoms with E-state index in [-0.39, 0.29) is 6.03 Å². The Bertz CT molecular complexity index is 597. The number of carbonyl (C=O) groups is 1. The van der Waals surface area contributed by atoms with Crippen LogP contribution in [0.5, 0.6) is 5.75 Å². The van der Waals surface area contributed by atoms with Crippen LogP contribution in [-0.2, 0) is 6.54 Å². The van der Waals surface area contributed by atoms with Crippen molar-refractivity contribution in [3.05, 3.63) is 46.2 Å². The largest absolute Gasteiger partial charge is 0.494 e. The van der Waals surface area contributed by atoms with Crippen molar-refractivity contribution in [2.75, 3.05) is 11.9 Å². The number of carbonyl (C=O) groups excluding carboxylic acids is 1. The Balaban J connectivity index is 1.85. The van der Waals surface area contributed by atoms with Gasteiger partial charge < -0.3 is 15.4 Å². The number of rotatable bonds is 7. The van der Waals surface area contributed by atoms with Gasteiger partial charge in [0.05, 0.1) is 13.2 Å². The Hall–Kier alpha value is -2.01. The van der Waals surface area contributed by atoms with Gasteiger partial charge in [-0.15, -0.1) is 11.3 Å². The zero-order valence-electron chi connectivity index (χ0n) is 13.0. The number of unbranched alkanes of at least 4 members (excludes halogenated alkanes) is 1. The lowest BCUT2D eigenvalue weighted by Gasteiger charge is -2.12. The van der Waals surface area contributed by atoms with Gasteiger partial charge in [0.2, 0.25) is 0 Å². The second kappa shape index (κ2) is 8.44. The molecule has 0 atom stereocenters. The van der Waals surface area contributed by atoms with Crippen molar-refractivity contribution in [3.8, 4) is 5.75 Å². The lowest BCUT2D eigenvalue weighted by molar-refractivity contribution is 0.252. The van der Waals surface area contributed by atoms with Crippen molar-refractivity contribution in [2.24, 2.45) is 0 Å². The Morgan fingerprint density at radius 2 is 2.18 bits per heavy atom. The second-order valence-electron chi connectivity index (χ2n) is 5.07. The highest BCUT2D eigenvalue weighted by Gasteiger charge is 2.06. The van der Waals surface area contributed by atoms with E-state index in [1.165, 1.54) is 0 Å². The molecule has 4 nitrogen and oxygen atoms in total. The lowest BCUT2D eigenvalue weighted by Crippen LogP contribution is -2.28. The first-order valence-electron chi connectivity index (χ1n) is 7.49. The highest BCUT2D eigenvalue weighted by atomic mass is 32.1. The summed E-state index contributed by atoms with van der Waals surface area (Å²) in [5, 5.41) is 7.71. The van der Waals surface area contributed by atoms with E-state index < -0.39 is 0 Å². The van der Waals surface area contributed by atoms with Crippen molar-refractivity contribution in [1.82, 2.24) is 5.32 Å². The van der Waals surface area contributed by atoms with Gasteiger partial charge in [0, 0.05) is 10.6 Å². The van der Waals surface area contributed by atoms with E-state index >= 15 is 0 Å². The van der Waals surface area contributed by atoms with E-state index in [4.69, 9.17) is 4.74 Å². The SMILES string of the molecule is CCCCOc1ccc(NC(=O)NCc2cccs2)c(C)c1. The monoisotopic (exact) mass is 318 g/mol. The summed E-state index contributed by atoms with van der Waals surface area (Å²) < 4.78 is 5.66. The maximum Gasteiger partial charge on any atom is 0.319 e. The molecule has 1 aromatic carbocycles. The molecular weight excluding hydrogens is 296 g/mol. The number of benzene rings is 1.